The van der Waals surface area contributed by atoms with Crippen LogP contribution in [0.1, 0.15) is 38.9 Å². The van der Waals surface area contributed by atoms with Crippen LogP contribution in [-0.4, -0.2) is 39.9 Å². The van der Waals surface area contributed by atoms with Crippen molar-refractivity contribution in [1.82, 2.24) is 14.9 Å². The highest BCUT2D eigenvalue weighted by Crippen LogP contribution is 2.11. The van der Waals surface area contributed by atoms with Gasteiger partial charge in [0.1, 0.15) is 17.7 Å². The molecule has 110 valence electrons. The highest BCUT2D eigenvalue weighted by atomic mass is 16.2. The summed E-state index contributed by atoms with van der Waals surface area (Å²) in [7, 11) is 0. The maximum absolute atomic E-state index is 12.3. The van der Waals surface area contributed by atoms with E-state index in [1.807, 2.05) is 18.7 Å². The van der Waals surface area contributed by atoms with Crippen molar-refractivity contribution in [3.63, 3.8) is 0 Å². The molecule has 0 radical (unpaired) electrons. The average Bonchev–Trinajstić information content (AvgIpc) is 2.46. The second kappa shape index (κ2) is 6.54. The molecule has 1 fully saturated rings. The lowest BCUT2D eigenvalue weighted by Crippen LogP contribution is -2.44. The molecule has 6 heteroatoms. The van der Waals surface area contributed by atoms with E-state index in [-0.39, 0.29) is 17.5 Å². The lowest BCUT2D eigenvalue weighted by Gasteiger charge is -2.29. The maximum atomic E-state index is 12.3. The fourth-order valence-corrected chi connectivity index (χ4v) is 2.42. The Morgan fingerprint density at radius 1 is 1.45 bits per heavy atom. The van der Waals surface area contributed by atoms with E-state index in [1.54, 1.807) is 0 Å². The summed E-state index contributed by atoms with van der Waals surface area (Å²) in [4.78, 5) is 32.6. The van der Waals surface area contributed by atoms with Crippen molar-refractivity contribution < 1.29 is 4.79 Å². The monoisotopic (exact) mass is 278 g/mol. The van der Waals surface area contributed by atoms with Gasteiger partial charge in [-0.05, 0) is 26.2 Å². The highest BCUT2D eigenvalue weighted by Gasteiger charge is 2.22. The van der Waals surface area contributed by atoms with Gasteiger partial charge in [0.2, 0.25) is 5.91 Å². The summed E-state index contributed by atoms with van der Waals surface area (Å²) >= 11 is 0. The second-order valence-corrected chi connectivity index (χ2v) is 5.18. The van der Waals surface area contributed by atoms with Crippen molar-refractivity contribution in [2.45, 2.75) is 45.6 Å². The fourth-order valence-electron chi connectivity index (χ4n) is 2.42. The largest absolute Gasteiger partial charge is 0.358 e. The van der Waals surface area contributed by atoms with Gasteiger partial charge in [-0.2, -0.15) is 0 Å². The summed E-state index contributed by atoms with van der Waals surface area (Å²) in [6.45, 7) is 5.39. The number of nitrogens with one attached hydrogen (secondary N) is 2. The quantitative estimate of drug-likeness (QED) is 0.866. The Morgan fingerprint density at radius 2 is 2.15 bits per heavy atom. The van der Waals surface area contributed by atoms with E-state index in [2.05, 4.69) is 15.3 Å². The Labute approximate surface area is 118 Å². The van der Waals surface area contributed by atoms with Crippen LogP contribution < -0.4 is 10.9 Å². The van der Waals surface area contributed by atoms with Gasteiger partial charge in [0, 0.05) is 25.6 Å². The van der Waals surface area contributed by atoms with E-state index in [0.717, 1.165) is 25.9 Å². The van der Waals surface area contributed by atoms with Gasteiger partial charge in [-0.25, -0.2) is 4.98 Å². The second-order valence-electron chi connectivity index (χ2n) is 5.18. The number of anilines is 1. The Hall–Kier alpha value is -1.85. The maximum Gasteiger partial charge on any atom is 0.252 e. The molecule has 1 aromatic rings. The highest BCUT2D eigenvalue weighted by molar-refractivity contribution is 5.84. The summed E-state index contributed by atoms with van der Waals surface area (Å²) < 4.78 is 0. The third-order valence-corrected chi connectivity index (χ3v) is 3.53. The molecule has 20 heavy (non-hydrogen) atoms. The first-order valence-corrected chi connectivity index (χ1v) is 7.25. The Kier molecular flexibility index (Phi) is 4.76. The molecule has 1 aliphatic rings. The molecule has 0 spiro atoms. The van der Waals surface area contributed by atoms with Crippen molar-refractivity contribution in [2.75, 3.05) is 18.4 Å². The van der Waals surface area contributed by atoms with Gasteiger partial charge in [0.25, 0.3) is 5.56 Å². The first kappa shape index (κ1) is 14.6. The fraction of sp³-hybridized carbons (Fsp3) is 0.643. The number of carbonyl (C=O) groups excluding carboxylic acids is 1. The zero-order chi connectivity index (χ0) is 14.5. The van der Waals surface area contributed by atoms with Crippen molar-refractivity contribution in [2.24, 2.45) is 0 Å². The predicted molar refractivity (Wildman–Crippen MR) is 77.8 cm³/mol. The number of amides is 1. The van der Waals surface area contributed by atoms with Crippen molar-refractivity contribution in [1.29, 1.82) is 0 Å². The predicted octanol–water partition coefficient (Wildman–Crippen LogP) is 1.15. The van der Waals surface area contributed by atoms with Crippen molar-refractivity contribution in [3.05, 3.63) is 22.2 Å². The Bertz CT molecular complexity index is 520. The number of rotatable bonds is 4. The van der Waals surface area contributed by atoms with Crippen LogP contribution in [-0.2, 0) is 11.2 Å². The van der Waals surface area contributed by atoms with Crippen LogP contribution >= 0.6 is 0 Å². The topological polar surface area (TPSA) is 78.1 Å². The molecule has 1 atom stereocenters. The zero-order valence-corrected chi connectivity index (χ0v) is 12.1. The van der Waals surface area contributed by atoms with E-state index >= 15 is 0 Å². The smallest absolute Gasteiger partial charge is 0.252 e. The number of aromatic amines is 1. The van der Waals surface area contributed by atoms with Gasteiger partial charge in [-0.3, -0.25) is 9.59 Å². The molecule has 0 saturated carbocycles. The first-order chi connectivity index (χ1) is 9.60. The minimum absolute atomic E-state index is 0.0739. The van der Waals surface area contributed by atoms with Gasteiger partial charge < -0.3 is 15.2 Å². The summed E-state index contributed by atoms with van der Waals surface area (Å²) in [5.41, 5.74) is -0.197. The van der Waals surface area contributed by atoms with Gasteiger partial charge >= 0.3 is 0 Å². The van der Waals surface area contributed by atoms with E-state index < -0.39 is 0 Å². The Morgan fingerprint density at radius 3 is 2.80 bits per heavy atom. The van der Waals surface area contributed by atoms with Crippen LogP contribution in [0.4, 0.5) is 5.82 Å². The number of hydrogen-bond acceptors (Lipinski definition) is 4. The van der Waals surface area contributed by atoms with Crippen LogP contribution in [0.2, 0.25) is 0 Å². The molecule has 1 saturated heterocycles. The minimum Gasteiger partial charge on any atom is -0.358 e. The molecule has 1 aliphatic heterocycles. The summed E-state index contributed by atoms with van der Waals surface area (Å²) in [5.74, 6) is 1.16. The molecule has 0 bridgehead atoms. The molecule has 0 aliphatic carbocycles. The SMILES string of the molecule is CCc1nc(NC(C)C(=O)N2CCCCC2)cc(=O)[nH]1. The number of carbonyl (C=O) groups is 1. The molecule has 1 amide bonds. The summed E-state index contributed by atoms with van der Waals surface area (Å²) in [6, 6.07) is 1.02. The number of H-pyrrole nitrogens is 1. The van der Waals surface area contributed by atoms with Gasteiger partial charge in [-0.15, -0.1) is 0 Å². The van der Waals surface area contributed by atoms with Crippen LogP contribution in [0.3, 0.4) is 0 Å². The van der Waals surface area contributed by atoms with Gasteiger partial charge in [0.15, 0.2) is 0 Å². The summed E-state index contributed by atoms with van der Waals surface area (Å²) in [5, 5.41) is 3.03. The van der Waals surface area contributed by atoms with E-state index in [0.29, 0.717) is 18.1 Å². The van der Waals surface area contributed by atoms with E-state index in [9.17, 15) is 9.59 Å². The Balaban J connectivity index is 2.03. The first-order valence-electron chi connectivity index (χ1n) is 7.25. The average molecular weight is 278 g/mol. The number of likely N-dealkylation sites (tertiary alicyclic amines) is 1. The molecule has 2 rings (SSSR count). The number of nitrogens with zero attached hydrogens (tertiary/aromatic N) is 2. The van der Waals surface area contributed by atoms with Crippen LogP contribution in [0.5, 0.6) is 0 Å². The standard InChI is InChI=1S/C14H22N4O2/c1-3-11-16-12(9-13(19)17-11)15-10(2)14(20)18-7-5-4-6-8-18/h9-10H,3-8H2,1-2H3,(H2,15,16,17,19). The molecule has 0 aromatic carbocycles. The van der Waals surface area contributed by atoms with Gasteiger partial charge in [-0.1, -0.05) is 6.92 Å². The molecular formula is C14H22N4O2. The number of piperidine rings is 1. The normalized spacial score (nSPS) is 16.8. The van der Waals surface area contributed by atoms with Crippen molar-refractivity contribution in [3.8, 4) is 0 Å². The molecule has 1 unspecified atom stereocenters. The number of hydrogen-bond donors (Lipinski definition) is 2. The van der Waals surface area contributed by atoms with Crippen LogP contribution in [0.25, 0.3) is 0 Å². The lowest BCUT2D eigenvalue weighted by atomic mass is 10.1. The van der Waals surface area contributed by atoms with Crippen molar-refractivity contribution >= 4 is 11.7 Å². The van der Waals surface area contributed by atoms with Gasteiger partial charge in [0.05, 0.1) is 0 Å². The third-order valence-electron chi connectivity index (χ3n) is 3.53. The molecular weight excluding hydrogens is 256 g/mol. The molecule has 1 aromatic heterocycles. The lowest BCUT2D eigenvalue weighted by molar-refractivity contribution is -0.132. The third kappa shape index (κ3) is 3.59. The van der Waals surface area contributed by atoms with Crippen LogP contribution in [0.15, 0.2) is 10.9 Å². The molecule has 6 nitrogen and oxygen atoms in total. The molecule has 2 N–H and O–H groups in total. The number of aryl methyl sites for hydroxylation is 1. The zero-order valence-electron chi connectivity index (χ0n) is 12.1. The van der Waals surface area contributed by atoms with Crippen LogP contribution in [0, 0.1) is 0 Å². The van der Waals surface area contributed by atoms with E-state index in [1.165, 1.54) is 12.5 Å². The summed E-state index contributed by atoms with van der Waals surface area (Å²) in [6.07, 6.45) is 3.99. The van der Waals surface area contributed by atoms with E-state index in [4.69, 9.17) is 0 Å². The number of aromatic nitrogens is 2. The molecule has 2 heterocycles. The minimum atomic E-state index is -0.368.